The van der Waals surface area contributed by atoms with Gasteiger partial charge in [-0.3, -0.25) is 9.69 Å². The Morgan fingerprint density at radius 3 is 2.88 bits per heavy atom. The summed E-state index contributed by atoms with van der Waals surface area (Å²) in [7, 11) is 3.63. The molecule has 5 heteroatoms. The van der Waals surface area contributed by atoms with Crippen molar-refractivity contribution >= 4 is 5.91 Å². The molecule has 1 atom stereocenters. The van der Waals surface area contributed by atoms with Crippen LogP contribution in [0.1, 0.15) is 31.7 Å². The minimum Gasteiger partial charge on any atom is -0.494 e. The van der Waals surface area contributed by atoms with Crippen molar-refractivity contribution in [2.24, 2.45) is 5.92 Å². The topological polar surface area (TPSA) is 42.0 Å². The fourth-order valence-corrected chi connectivity index (χ4v) is 3.07. The van der Waals surface area contributed by atoms with Crippen molar-refractivity contribution in [1.82, 2.24) is 9.80 Å². The lowest BCUT2D eigenvalue weighted by Gasteiger charge is -2.26. The SMILES string of the molecule is CCCCOc1cccc(CCN(CC(=O)N(C)C)C[C@H]2CCOC2)c1. The van der Waals surface area contributed by atoms with Gasteiger partial charge in [-0.05, 0) is 42.9 Å². The molecule has 1 aliphatic rings. The predicted octanol–water partition coefficient (Wildman–Crippen LogP) is 2.83. The van der Waals surface area contributed by atoms with Gasteiger partial charge in [0.25, 0.3) is 0 Å². The molecule has 1 aromatic carbocycles. The molecule has 2 rings (SSSR count). The average Bonchev–Trinajstić information content (AvgIpc) is 3.13. The Hall–Kier alpha value is -1.59. The molecule has 146 valence electrons. The van der Waals surface area contributed by atoms with Crippen molar-refractivity contribution < 1.29 is 14.3 Å². The van der Waals surface area contributed by atoms with Gasteiger partial charge in [-0.25, -0.2) is 0 Å². The van der Waals surface area contributed by atoms with Gasteiger partial charge in [-0.15, -0.1) is 0 Å². The Kier molecular flexibility index (Phi) is 8.92. The number of carbonyl (C=O) groups is 1. The monoisotopic (exact) mass is 362 g/mol. The minimum absolute atomic E-state index is 0.153. The van der Waals surface area contributed by atoms with Gasteiger partial charge in [0, 0.05) is 33.8 Å². The summed E-state index contributed by atoms with van der Waals surface area (Å²) in [6, 6.07) is 8.33. The molecule has 0 bridgehead atoms. The van der Waals surface area contributed by atoms with E-state index in [4.69, 9.17) is 9.47 Å². The number of rotatable bonds is 11. The number of unbranched alkanes of at least 4 members (excludes halogenated alkanes) is 1. The van der Waals surface area contributed by atoms with Crippen LogP contribution in [0.5, 0.6) is 5.75 Å². The lowest BCUT2D eigenvalue weighted by Crippen LogP contribution is -2.40. The number of nitrogens with zero attached hydrogens (tertiary/aromatic N) is 2. The first-order valence-corrected chi connectivity index (χ1v) is 9.80. The molecule has 26 heavy (non-hydrogen) atoms. The van der Waals surface area contributed by atoms with E-state index in [1.165, 1.54) is 5.56 Å². The van der Waals surface area contributed by atoms with Crippen LogP contribution in [0.25, 0.3) is 0 Å². The molecule has 1 heterocycles. The van der Waals surface area contributed by atoms with E-state index in [1.807, 2.05) is 20.2 Å². The summed E-state index contributed by atoms with van der Waals surface area (Å²) in [6.07, 6.45) is 4.22. The van der Waals surface area contributed by atoms with Crippen LogP contribution in [0.15, 0.2) is 24.3 Å². The zero-order chi connectivity index (χ0) is 18.8. The summed E-state index contributed by atoms with van der Waals surface area (Å²) in [4.78, 5) is 16.1. The normalized spacial score (nSPS) is 16.8. The maximum Gasteiger partial charge on any atom is 0.236 e. The summed E-state index contributed by atoms with van der Waals surface area (Å²) in [5.74, 6) is 1.63. The van der Waals surface area contributed by atoms with Crippen molar-refractivity contribution in [1.29, 1.82) is 0 Å². The first kappa shape index (κ1) is 20.7. The van der Waals surface area contributed by atoms with Crippen molar-refractivity contribution in [2.75, 3.05) is 53.6 Å². The van der Waals surface area contributed by atoms with Crippen LogP contribution in [-0.2, 0) is 16.0 Å². The maximum absolute atomic E-state index is 12.2. The molecule has 0 N–H and O–H groups in total. The van der Waals surface area contributed by atoms with Gasteiger partial charge >= 0.3 is 0 Å². The Balaban J connectivity index is 1.89. The van der Waals surface area contributed by atoms with Gasteiger partial charge in [0.15, 0.2) is 0 Å². The molecular weight excluding hydrogens is 328 g/mol. The molecule has 0 unspecified atom stereocenters. The number of hydrogen-bond donors (Lipinski definition) is 0. The molecule has 0 radical (unpaired) electrons. The van der Waals surface area contributed by atoms with E-state index in [2.05, 4.69) is 30.0 Å². The Morgan fingerprint density at radius 1 is 1.35 bits per heavy atom. The third-order valence-electron chi connectivity index (χ3n) is 4.78. The molecular formula is C21H34N2O3. The molecule has 1 aliphatic heterocycles. The number of carbonyl (C=O) groups excluding carboxylic acids is 1. The van der Waals surface area contributed by atoms with Crippen molar-refractivity contribution in [3.8, 4) is 5.75 Å². The molecule has 0 aliphatic carbocycles. The fraction of sp³-hybridized carbons (Fsp3) is 0.667. The van der Waals surface area contributed by atoms with E-state index in [0.29, 0.717) is 12.5 Å². The average molecular weight is 363 g/mol. The van der Waals surface area contributed by atoms with Gasteiger partial charge in [-0.2, -0.15) is 0 Å². The number of ether oxygens (including phenoxy) is 2. The van der Waals surface area contributed by atoms with Crippen LogP contribution in [0.4, 0.5) is 0 Å². The quantitative estimate of drug-likeness (QED) is 0.568. The van der Waals surface area contributed by atoms with E-state index in [1.54, 1.807) is 4.90 Å². The van der Waals surface area contributed by atoms with E-state index in [9.17, 15) is 4.79 Å². The largest absolute Gasteiger partial charge is 0.494 e. The van der Waals surface area contributed by atoms with Crippen LogP contribution in [0, 0.1) is 5.92 Å². The Labute approximate surface area is 158 Å². The van der Waals surface area contributed by atoms with Gasteiger partial charge in [-0.1, -0.05) is 25.5 Å². The summed E-state index contributed by atoms with van der Waals surface area (Å²) < 4.78 is 11.3. The number of likely N-dealkylation sites (N-methyl/N-ethyl adjacent to an activating group) is 1. The molecule has 0 saturated carbocycles. The van der Waals surface area contributed by atoms with Crippen molar-refractivity contribution in [2.45, 2.75) is 32.6 Å². The van der Waals surface area contributed by atoms with Gasteiger partial charge in [0.1, 0.15) is 5.75 Å². The third-order valence-corrected chi connectivity index (χ3v) is 4.78. The second-order valence-corrected chi connectivity index (χ2v) is 7.35. The highest BCUT2D eigenvalue weighted by Gasteiger charge is 2.21. The zero-order valence-electron chi connectivity index (χ0n) is 16.6. The summed E-state index contributed by atoms with van der Waals surface area (Å²) >= 11 is 0. The predicted molar refractivity (Wildman–Crippen MR) is 105 cm³/mol. The van der Waals surface area contributed by atoms with Crippen LogP contribution in [0.3, 0.4) is 0 Å². The second kappa shape index (κ2) is 11.2. The highest BCUT2D eigenvalue weighted by molar-refractivity contribution is 5.77. The van der Waals surface area contributed by atoms with Gasteiger partial charge in [0.05, 0.1) is 19.8 Å². The van der Waals surface area contributed by atoms with Crippen molar-refractivity contribution in [3.63, 3.8) is 0 Å². The lowest BCUT2D eigenvalue weighted by molar-refractivity contribution is -0.130. The highest BCUT2D eigenvalue weighted by atomic mass is 16.5. The molecule has 0 aromatic heterocycles. The zero-order valence-corrected chi connectivity index (χ0v) is 16.6. The van der Waals surface area contributed by atoms with Crippen LogP contribution in [0.2, 0.25) is 0 Å². The standard InChI is InChI=1S/C21H34N2O3/c1-4-5-12-26-20-8-6-7-18(14-20)9-11-23(16-21(24)22(2)3)15-19-10-13-25-17-19/h6-8,14,19H,4-5,9-13,15-17H2,1-3H3/t19-/m1/s1. The maximum atomic E-state index is 12.2. The van der Waals surface area contributed by atoms with Gasteiger partial charge in [0.2, 0.25) is 5.91 Å². The Morgan fingerprint density at radius 2 is 2.19 bits per heavy atom. The minimum atomic E-state index is 0.153. The van der Waals surface area contributed by atoms with Crippen LogP contribution >= 0.6 is 0 Å². The summed E-state index contributed by atoms with van der Waals surface area (Å²) in [5.41, 5.74) is 1.25. The van der Waals surface area contributed by atoms with E-state index >= 15 is 0 Å². The number of benzene rings is 1. The van der Waals surface area contributed by atoms with E-state index in [-0.39, 0.29) is 5.91 Å². The first-order chi connectivity index (χ1) is 12.6. The van der Waals surface area contributed by atoms with E-state index < -0.39 is 0 Å². The summed E-state index contributed by atoms with van der Waals surface area (Å²) in [6.45, 7) is 6.85. The third kappa shape index (κ3) is 7.34. The molecule has 1 saturated heterocycles. The van der Waals surface area contributed by atoms with Crippen LogP contribution in [-0.4, -0.2) is 69.3 Å². The van der Waals surface area contributed by atoms with Gasteiger partial charge < -0.3 is 14.4 Å². The molecule has 0 spiro atoms. The molecule has 1 fully saturated rings. The fourth-order valence-electron chi connectivity index (χ4n) is 3.07. The first-order valence-electron chi connectivity index (χ1n) is 9.80. The smallest absolute Gasteiger partial charge is 0.236 e. The molecule has 1 amide bonds. The molecule has 5 nitrogen and oxygen atoms in total. The van der Waals surface area contributed by atoms with E-state index in [0.717, 1.165) is 64.3 Å². The highest BCUT2D eigenvalue weighted by Crippen LogP contribution is 2.17. The lowest BCUT2D eigenvalue weighted by atomic mass is 10.1. The van der Waals surface area contributed by atoms with Crippen LogP contribution < -0.4 is 4.74 Å². The Bertz CT molecular complexity index is 542. The number of hydrogen-bond acceptors (Lipinski definition) is 4. The second-order valence-electron chi connectivity index (χ2n) is 7.35. The molecule has 1 aromatic rings. The number of amides is 1. The summed E-state index contributed by atoms with van der Waals surface area (Å²) in [5, 5.41) is 0. The van der Waals surface area contributed by atoms with Crippen molar-refractivity contribution in [3.05, 3.63) is 29.8 Å².